The fraction of sp³-hybridized carbons (Fsp3) is 0.455. The third kappa shape index (κ3) is 5.86. The zero-order valence-corrected chi connectivity index (χ0v) is 11.8. The highest BCUT2D eigenvalue weighted by Gasteiger charge is 2.09. The molecule has 1 rings (SSSR count). The molecule has 1 atom stereocenters. The Balaban J connectivity index is 0. The van der Waals surface area contributed by atoms with Crippen LogP contribution in [0.5, 0.6) is 0 Å². The van der Waals surface area contributed by atoms with E-state index in [1.165, 1.54) is 0 Å². The summed E-state index contributed by atoms with van der Waals surface area (Å²) in [5.41, 5.74) is 1.40. The zero-order valence-electron chi connectivity index (χ0n) is 10.2. The van der Waals surface area contributed by atoms with Crippen LogP contribution in [0.15, 0.2) is 18.3 Å². The lowest BCUT2D eigenvalue weighted by Gasteiger charge is -2.11. The summed E-state index contributed by atoms with van der Waals surface area (Å²) in [5, 5.41) is 5.88. The van der Waals surface area contributed by atoms with E-state index in [4.69, 9.17) is 0 Å². The van der Waals surface area contributed by atoms with E-state index in [1.54, 1.807) is 6.20 Å². The van der Waals surface area contributed by atoms with E-state index in [-0.39, 0.29) is 36.8 Å². The Morgan fingerprint density at radius 1 is 1.47 bits per heavy atom. The molecule has 1 unspecified atom stereocenters. The van der Waals surface area contributed by atoms with Gasteiger partial charge < -0.3 is 10.6 Å². The molecule has 0 aliphatic rings. The molecule has 1 aromatic heterocycles. The highest BCUT2D eigenvalue weighted by molar-refractivity contribution is 5.93. The Bertz CT molecular complexity index is 347. The zero-order chi connectivity index (χ0) is 11.3. The third-order valence-corrected chi connectivity index (χ3v) is 2.29. The number of hydrogen-bond donors (Lipinski definition) is 2. The van der Waals surface area contributed by atoms with Gasteiger partial charge in [0.25, 0.3) is 5.91 Å². The van der Waals surface area contributed by atoms with Crippen molar-refractivity contribution in [3.8, 4) is 0 Å². The van der Waals surface area contributed by atoms with Gasteiger partial charge in [0.05, 0.1) is 0 Å². The first-order valence-corrected chi connectivity index (χ1v) is 5.02. The van der Waals surface area contributed by atoms with Crippen LogP contribution in [0.4, 0.5) is 0 Å². The standard InChI is InChI=1S/C11H17N3O.2ClH/c1-8-5-4-6-13-10(8)11(15)14-7-9(2)12-3;;/h4-6,9,12H,7H2,1-3H3,(H,14,15);2*1H. The van der Waals surface area contributed by atoms with Crippen molar-refractivity contribution in [2.75, 3.05) is 13.6 Å². The summed E-state index contributed by atoms with van der Waals surface area (Å²) in [5.74, 6) is -0.116. The molecule has 0 spiro atoms. The van der Waals surface area contributed by atoms with Gasteiger partial charge >= 0.3 is 0 Å². The van der Waals surface area contributed by atoms with Crippen molar-refractivity contribution in [3.05, 3.63) is 29.6 Å². The maximum atomic E-state index is 11.7. The summed E-state index contributed by atoms with van der Waals surface area (Å²) in [7, 11) is 1.86. The number of aromatic nitrogens is 1. The van der Waals surface area contributed by atoms with E-state index in [2.05, 4.69) is 15.6 Å². The lowest BCUT2D eigenvalue weighted by atomic mass is 10.2. The van der Waals surface area contributed by atoms with E-state index >= 15 is 0 Å². The minimum atomic E-state index is -0.116. The lowest BCUT2D eigenvalue weighted by Crippen LogP contribution is -2.37. The van der Waals surface area contributed by atoms with Gasteiger partial charge in [-0.2, -0.15) is 0 Å². The number of carbonyl (C=O) groups excluding carboxylic acids is 1. The second-order valence-corrected chi connectivity index (χ2v) is 3.57. The Hall–Kier alpha value is -0.840. The van der Waals surface area contributed by atoms with Crippen LogP contribution in [-0.2, 0) is 0 Å². The Morgan fingerprint density at radius 3 is 2.65 bits per heavy atom. The van der Waals surface area contributed by atoms with Crippen molar-refractivity contribution < 1.29 is 4.79 Å². The molecule has 0 aromatic carbocycles. The van der Waals surface area contributed by atoms with Crippen molar-refractivity contribution in [2.24, 2.45) is 0 Å². The number of hydrogen-bond acceptors (Lipinski definition) is 3. The number of halogens is 2. The van der Waals surface area contributed by atoms with Crippen LogP contribution in [-0.4, -0.2) is 30.5 Å². The predicted molar refractivity (Wildman–Crippen MR) is 74.3 cm³/mol. The molecule has 0 saturated carbocycles. The summed E-state index contributed by atoms with van der Waals surface area (Å²) in [6, 6.07) is 3.96. The van der Waals surface area contributed by atoms with Crippen LogP contribution in [0.3, 0.4) is 0 Å². The summed E-state index contributed by atoms with van der Waals surface area (Å²) < 4.78 is 0. The molecule has 17 heavy (non-hydrogen) atoms. The fourth-order valence-corrected chi connectivity index (χ4v) is 1.15. The van der Waals surface area contributed by atoms with Crippen molar-refractivity contribution in [1.29, 1.82) is 0 Å². The molecule has 1 amide bonds. The number of carbonyl (C=O) groups is 1. The molecule has 0 fully saturated rings. The van der Waals surface area contributed by atoms with Gasteiger partial charge in [-0.3, -0.25) is 9.78 Å². The monoisotopic (exact) mass is 279 g/mol. The first-order chi connectivity index (χ1) is 7.15. The molecule has 1 heterocycles. The van der Waals surface area contributed by atoms with E-state index in [9.17, 15) is 4.79 Å². The first-order valence-electron chi connectivity index (χ1n) is 5.02. The molecule has 4 nitrogen and oxygen atoms in total. The maximum Gasteiger partial charge on any atom is 0.270 e. The van der Waals surface area contributed by atoms with Gasteiger partial charge in [-0.05, 0) is 32.5 Å². The van der Waals surface area contributed by atoms with E-state index < -0.39 is 0 Å². The van der Waals surface area contributed by atoms with Crippen LogP contribution in [0.25, 0.3) is 0 Å². The molecule has 2 N–H and O–H groups in total. The number of nitrogens with zero attached hydrogens (tertiary/aromatic N) is 1. The summed E-state index contributed by atoms with van der Waals surface area (Å²) in [6.45, 7) is 4.49. The van der Waals surface area contributed by atoms with Crippen molar-refractivity contribution in [3.63, 3.8) is 0 Å². The molecule has 0 aliphatic heterocycles. The topological polar surface area (TPSA) is 54.0 Å². The molecular weight excluding hydrogens is 261 g/mol. The number of rotatable bonds is 4. The number of pyridine rings is 1. The van der Waals surface area contributed by atoms with E-state index in [0.29, 0.717) is 12.2 Å². The fourth-order valence-electron chi connectivity index (χ4n) is 1.15. The Kier molecular flexibility index (Phi) is 10.0. The van der Waals surface area contributed by atoms with Crippen LogP contribution in [0, 0.1) is 6.92 Å². The van der Waals surface area contributed by atoms with Crippen LogP contribution < -0.4 is 10.6 Å². The van der Waals surface area contributed by atoms with Crippen molar-refractivity contribution in [2.45, 2.75) is 19.9 Å². The van der Waals surface area contributed by atoms with Crippen LogP contribution in [0.2, 0.25) is 0 Å². The van der Waals surface area contributed by atoms with Gasteiger partial charge in [-0.1, -0.05) is 6.07 Å². The summed E-state index contributed by atoms with van der Waals surface area (Å²) in [6.07, 6.45) is 1.63. The SMILES string of the molecule is CNC(C)CNC(=O)c1ncccc1C.Cl.Cl. The summed E-state index contributed by atoms with van der Waals surface area (Å²) >= 11 is 0. The predicted octanol–water partition coefficient (Wildman–Crippen LogP) is 1.57. The normalized spacial score (nSPS) is 10.8. The van der Waals surface area contributed by atoms with Crippen molar-refractivity contribution in [1.82, 2.24) is 15.6 Å². The molecule has 0 radical (unpaired) electrons. The highest BCUT2D eigenvalue weighted by Crippen LogP contribution is 2.02. The number of nitrogens with one attached hydrogen (secondary N) is 2. The Morgan fingerprint density at radius 2 is 2.12 bits per heavy atom. The Labute approximate surface area is 114 Å². The molecule has 0 aliphatic carbocycles. The van der Waals surface area contributed by atoms with Gasteiger partial charge in [0.1, 0.15) is 5.69 Å². The van der Waals surface area contributed by atoms with Gasteiger partial charge in [0.15, 0.2) is 0 Å². The lowest BCUT2D eigenvalue weighted by molar-refractivity contribution is 0.0945. The second kappa shape index (κ2) is 9.22. The second-order valence-electron chi connectivity index (χ2n) is 3.57. The van der Waals surface area contributed by atoms with Crippen LogP contribution >= 0.6 is 24.8 Å². The molecular formula is C11H19Cl2N3O. The maximum absolute atomic E-state index is 11.7. The van der Waals surface area contributed by atoms with Gasteiger partial charge in [0, 0.05) is 18.8 Å². The molecule has 1 aromatic rings. The minimum absolute atomic E-state index is 0. The summed E-state index contributed by atoms with van der Waals surface area (Å²) in [4.78, 5) is 15.7. The quantitative estimate of drug-likeness (QED) is 0.880. The van der Waals surface area contributed by atoms with Gasteiger partial charge in [-0.25, -0.2) is 0 Å². The molecule has 0 saturated heterocycles. The van der Waals surface area contributed by atoms with E-state index in [1.807, 2.05) is 33.0 Å². The van der Waals surface area contributed by atoms with Crippen molar-refractivity contribution >= 4 is 30.7 Å². The number of aryl methyl sites for hydroxylation is 1. The molecule has 98 valence electrons. The molecule has 6 heteroatoms. The average Bonchev–Trinajstić information content (AvgIpc) is 2.26. The first kappa shape index (κ1) is 18.5. The number of amides is 1. The van der Waals surface area contributed by atoms with Crippen LogP contribution in [0.1, 0.15) is 23.0 Å². The third-order valence-electron chi connectivity index (χ3n) is 2.29. The van der Waals surface area contributed by atoms with Gasteiger partial charge in [-0.15, -0.1) is 24.8 Å². The largest absolute Gasteiger partial charge is 0.349 e. The van der Waals surface area contributed by atoms with E-state index in [0.717, 1.165) is 5.56 Å². The number of likely N-dealkylation sites (N-methyl/N-ethyl adjacent to an activating group) is 1. The van der Waals surface area contributed by atoms with Gasteiger partial charge in [0.2, 0.25) is 0 Å². The molecule has 0 bridgehead atoms. The average molecular weight is 280 g/mol. The smallest absolute Gasteiger partial charge is 0.270 e. The minimum Gasteiger partial charge on any atom is -0.349 e. The highest BCUT2D eigenvalue weighted by atomic mass is 35.5.